The third-order valence-electron chi connectivity index (χ3n) is 3.09. The SMILES string of the molecule is Cc1nnc(Sc2c(C#N)cnc3ccccc23)n1C. The van der Waals surface area contributed by atoms with E-state index in [9.17, 15) is 5.26 Å². The quantitative estimate of drug-likeness (QED) is 0.722. The lowest BCUT2D eigenvalue weighted by Crippen LogP contribution is -1.95. The maximum Gasteiger partial charge on any atom is 0.195 e. The summed E-state index contributed by atoms with van der Waals surface area (Å²) in [7, 11) is 1.91. The lowest BCUT2D eigenvalue weighted by Gasteiger charge is -2.07. The van der Waals surface area contributed by atoms with Crippen LogP contribution in [0.2, 0.25) is 0 Å². The van der Waals surface area contributed by atoms with Crippen LogP contribution in [0.5, 0.6) is 0 Å². The van der Waals surface area contributed by atoms with E-state index >= 15 is 0 Å². The molecule has 0 radical (unpaired) electrons. The van der Waals surface area contributed by atoms with Crippen LogP contribution in [0, 0.1) is 18.3 Å². The van der Waals surface area contributed by atoms with E-state index in [-0.39, 0.29) is 0 Å². The Labute approximate surface area is 120 Å². The molecule has 6 heteroatoms. The van der Waals surface area contributed by atoms with E-state index in [2.05, 4.69) is 21.3 Å². The van der Waals surface area contributed by atoms with Crippen molar-refractivity contribution in [3.8, 4) is 6.07 Å². The number of aromatic nitrogens is 4. The number of hydrogen-bond acceptors (Lipinski definition) is 5. The summed E-state index contributed by atoms with van der Waals surface area (Å²) in [5.74, 6) is 0.837. The van der Waals surface area contributed by atoms with Gasteiger partial charge in [-0.1, -0.05) is 18.2 Å². The van der Waals surface area contributed by atoms with Crippen LogP contribution in [-0.4, -0.2) is 19.7 Å². The molecule has 0 atom stereocenters. The molecule has 0 saturated carbocycles. The summed E-state index contributed by atoms with van der Waals surface area (Å²) in [6.07, 6.45) is 1.61. The number of nitriles is 1. The maximum atomic E-state index is 9.28. The summed E-state index contributed by atoms with van der Waals surface area (Å²) >= 11 is 1.44. The Morgan fingerprint density at radius 2 is 2.05 bits per heavy atom. The summed E-state index contributed by atoms with van der Waals surface area (Å²) in [6, 6.07) is 9.97. The van der Waals surface area contributed by atoms with E-state index in [1.54, 1.807) is 6.20 Å². The molecule has 2 heterocycles. The molecule has 0 saturated heterocycles. The van der Waals surface area contributed by atoms with Gasteiger partial charge in [-0.15, -0.1) is 10.2 Å². The van der Waals surface area contributed by atoms with Gasteiger partial charge >= 0.3 is 0 Å². The zero-order valence-electron chi connectivity index (χ0n) is 11.0. The summed E-state index contributed by atoms with van der Waals surface area (Å²) in [5, 5.41) is 19.2. The number of aryl methyl sites for hydroxylation is 1. The monoisotopic (exact) mass is 281 g/mol. The molecule has 0 N–H and O–H groups in total. The lowest BCUT2D eigenvalue weighted by atomic mass is 10.2. The van der Waals surface area contributed by atoms with Crippen LogP contribution in [0.1, 0.15) is 11.4 Å². The Kier molecular flexibility index (Phi) is 3.12. The Balaban J connectivity index is 2.19. The van der Waals surface area contributed by atoms with Gasteiger partial charge in [0.15, 0.2) is 5.16 Å². The molecule has 0 aliphatic heterocycles. The molecule has 0 aliphatic carbocycles. The van der Waals surface area contributed by atoms with Crippen molar-refractivity contribution in [3.05, 3.63) is 41.9 Å². The number of rotatable bonds is 2. The van der Waals surface area contributed by atoms with Crippen molar-refractivity contribution < 1.29 is 0 Å². The molecule has 0 bridgehead atoms. The zero-order valence-corrected chi connectivity index (χ0v) is 11.8. The first-order chi connectivity index (χ1) is 9.70. The van der Waals surface area contributed by atoms with Gasteiger partial charge in [-0.25, -0.2) is 0 Å². The Morgan fingerprint density at radius 3 is 2.75 bits per heavy atom. The topological polar surface area (TPSA) is 67.4 Å². The van der Waals surface area contributed by atoms with Crippen LogP contribution in [0.15, 0.2) is 40.5 Å². The molecular weight excluding hydrogens is 270 g/mol. The Morgan fingerprint density at radius 1 is 1.25 bits per heavy atom. The Bertz CT molecular complexity index is 831. The van der Waals surface area contributed by atoms with Crippen LogP contribution >= 0.6 is 11.8 Å². The van der Waals surface area contributed by atoms with Crippen LogP contribution in [-0.2, 0) is 7.05 Å². The van der Waals surface area contributed by atoms with E-state index in [1.165, 1.54) is 11.8 Å². The average Bonchev–Trinajstić information content (AvgIpc) is 2.79. The van der Waals surface area contributed by atoms with Gasteiger partial charge in [-0.2, -0.15) is 5.26 Å². The van der Waals surface area contributed by atoms with E-state index in [0.29, 0.717) is 5.56 Å². The van der Waals surface area contributed by atoms with Gasteiger partial charge < -0.3 is 4.57 Å². The molecule has 0 spiro atoms. The molecule has 0 unspecified atom stereocenters. The van der Waals surface area contributed by atoms with Crippen molar-refractivity contribution in [1.29, 1.82) is 5.26 Å². The standard InChI is InChI=1S/C14H11N5S/c1-9-17-18-14(19(9)2)20-13-10(7-15)8-16-12-6-4-3-5-11(12)13/h3-6,8H,1-2H3. The normalized spacial score (nSPS) is 10.7. The predicted octanol–water partition coefficient (Wildman–Crippen LogP) is 2.69. The van der Waals surface area contributed by atoms with Gasteiger partial charge in [-0.3, -0.25) is 4.98 Å². The van der Waals surface area contributed by atoms with Crippen LogP contribution in [0.3, 0.4) is 0 Å². The molecule has 1 aromatic carbocycles. The summed E-state index contributed by atoms with van der Waals surface area (Å²) in [4.78, 5) is 5.17. The molecule has 20 heavy (non-hydrogen) atoms. The molecule has 2 aromatic heterocycles. The minimum atomic E-state index is 0.550. The van der Waals surface area contributed by atoms with Gasteiger partial charge in [-0.05, 0) is 24.8 Å². The fourth-order valence-corrected chi connectivity index (χ4v) is 2.90. The molecule has 98 valence electrons. The molecule has 5 nitrogen and oxygen atoms in total. The number of fused-ring (bicyclic) bond motifs is 1. The largest absolute Gasteiger partial charge is 0.309 e. The molecule has 0 amide bonds. The van der Waals surface area contributed by atoms with E-state index in [1.807, 2.05) is 42.8 Å². The minimum absolute atomic E-state index is 0.550. The highest BCUT2D eigenvalue weighted by molar-refractivity contribution is 7.99. The highest BCUT2D eigenvalue weighted by atomic mass is 32.2. The van der Waals surface area contributed by atoms with Crippen LogP contribution in [0.4, 0.5) is 0 Å². The van der Waals surface area contributed by atoms with Crippen LogP contribution in [0.25, 0.3) is 10.9 Å². The van der Waals surface area contributed by atoms with Gasteiger partial charge in [0, 0.05) is 23.5 Å². The van der Waals surface area contributed by atoms with E-state index in [4.69, 9.17) is 0 Å². The second-order valence-electron chi connectivity index (χ2n) is 4.32. The van der Waals surface area contributed by atoms with Gasteiger partial charge in [0.1, 0.15) is 11.9 Å². The van der Waals surface area contributed by atoms with Crippen molar-refractivity contribution >= 4 is 22.7 Å². The smallest absolute Gasteiger partial charge is 0.195 e. The zero-order chi connectivity index (χ0) is 14.1. The minimum Gasteiger partial charge on any atom is -0.309 e. The number of hydrogen-bond donors (Lipinski definition) is 0. The van der Waals surface area contributed by atoms with Crippen molar-refractivity contribution in [1.82, 2.24) is 19.7 Å². The highest BCUT2D eigenvalue weighted by Gasteiger charge is 2.14. The summed E-state index contributed by atoms with van der Waals surface area (Å²) in [6.45, 7) is 1.90. The van der Waals surface area contributed by atoms with Crippen LogP contribution < -0.4 is 0 Å². The second kappa shape index (κ2) is 4.94. The van der Waals surface area contributed by atoms with Crippen molar-refractivity contribution in [3.63, 3.8) is 0 Å². The van der Waals surface area contributed by atoms with Crippen molar-refractivity contribution in [2.24, 2.45) is 7.05 Å². The van der Waals surface area contributed by atoms with Gasteiger partial charge in [0.2, 0.25) is 0 Å². The molecule has 0 fully saturated rings. The fraction of sp³-hybridized carbons (Fsp3) is 0.143. The summed E-state index contributed by atoms with van der Waals surface area (Å²) < 4.78 is 1.90. The second-order valence-corrected chi connectivity index (χ2v) is 5.30. The molecule has 0 aliphatic rings. The summed E-state index contributed by atoms with van der Waals surface area (Å²) in [5.41, 5.74) is 1.42. The Hall–Kier alpha value is -2.39. The first kappa shape index (κ1) is 12.6. The van der Waals surface area contributed by atoms with E-state index in [0.717, 1.165) is 26.8 Å². The number of pyridine rings is 1. The first-order valence-corrected chi connectivity index (χ1v) is 6.84. The maximum absolute atomic E-state index is 9.28. The lowest BCUT2D eigenvalue weighted by molar-refractivity contribution is 0.766. The predicted molar refractivity (Wildman–Crippen MR) is 76.3 cm³/mol. The highest BCUT2D eigenvalue weighted by Crippen LogP contribution is 2.34. The molecule has 3 aromatic rings. The number of benzene rings is 1. The van der Waals surface area contributed by atoms with E-state index < -0.39 is 0 Å². The van der Waals surface area contributed by atoms with Gasteiger partial charge in [0.25, 0.3) is 0 Å². The van der Waals surface area contributed by atoms with Gasteiger partial charge in [0.05, 0.1) is 11.1 Å². The fourth-order valence-electron chi connectivity index (χ4n) is 1.87. The van der Waals surface area contributed by atoms with Crippen molar-refractivity contribution in [2.45, 2.75) is 17.0 Å². The first-order valence-electron chi connectivity index (χ1n) is 6.02. The third kappa shape index (κ3) is 2.02. The molecular formula is C14H11N5S. The molecule has 3 rings (SSSR count). The van der Waals surface area contributed by atoms with Crippen molar-refractivity contribution in [2.75, 3.05) is 0 Å². The average molecular weight is 281 g/mol. The number of nitrogens with zero attached hydrogens (tertiary/aromatic N) is 5. The number of para-hydroxylation sites is 1. The third-order valence-corrected chi connectivity index (χ3v) is 4.27.